The minimum absolute atomic E-state index is 0.0702. The molecular formula is C29H27F2N7O3. The summed E-state index contributed by atoms with van der Waals surface area (Å²) in [5.74, 6) is 0.863. The number of nitrogens with one attached hydrogen (secondary N) is 1. The van der Waals surface area contributed by atoms with Crippen molar-refractivity contribution in [1.82, 2.24) is 29.6 Å². The van der Waals surface area contributed by atoms with Crippen LogP contribution in [0.5, 0.6) is 23.1 Å². The predicted octanol–water partition coefficient (Wildman–Crippen LogP) is 5.51. The number of rotatable bonds is 8. The summed E-state index contributed by atoms with van der Waals surface area (Å²) in [6.07, 6.45) is 6.25. The van der Waals surface area contributed by atoms with E-state index < -0.39 is 11.8 Å². The Bertz CT molecular complexity index is 1690. The highest BCUT2D eigenvalue weighted by molar-refractivity contribution is 5.93. The molecular weight excluding hydrogens is 532 g/mol. The molecule has 0 aliphatic carbocycles. The summed E-state index contributed by atoms with van der Waals surface area (Å²) in [5.41, 5.74) is 1.30. The maximum absolute atomic E-state index is 15.2. The van der Waals surface area contributed by atoms with Crippen LogP contribution in [0, 0.1) is 11.8 Å². The number of piperidine rings is 1. The van der Waals surface area contributed by atoms with Crippen LogP contribution < -0.4 is 19.5 Å². The van der Waals surface area contributed by atoms with Gasteiger partial charge in [-0.2, -0.15) is 4.39 Å². The van der Waals surface area contributed by atoms with E-state index in [1.165, 1.54) is 29.3 Å². The van der Waals surface area contributed by atoms with E-state index in [0.717, 1.165) is 25.9 Å². The Labute approximate surface area is 234 Å². The van der Waals surface area contributed by atoms with E-state index in [0.29, 0.717) is 33.9 Å². The lowest BCUT2D eigenvalue weighted by atomic mass is 10.1. The van der Waals surface area contributed by atoms with Gasteiger partial charge in [-0.15, -0.1) is 5.10 Å². The van der Waals surface area contributed by atoms with Crippen LogP contribution in [-0.4, -0.2) is 63.0 Å². The zero-order valence-electron chi connectivity index (χ0n) is 22.4. The van der Waals surface area contributed by atoms with Crippen LogP contribution in [0.1, 0.15) is 12.8 Å². The average Bonchev–Trinajstić information content (AvgIpc) is 3.44. The van der Waals surface area contributed by atoms with Crippen molar-refractivity contribution in [2.45, 2.75) is 18.9 Å². The van der Waals surface area contributed by atoms with Gasteiger partial charge in [-0.05, 0) is 44.2 Å². The van der Waals surface area contributed by atoms with Gasteiger partial charge in [0.1, 0.15) is 29.8 Å². The third kappa shape index (κ3) is 5.87. The molecule has 0 bridgehead atoms. The second-order valence-corrected chi connectivity index (χ2v) is 9.67. The summed E-state index contributed by atoms with van der Waals surface area (Å²) >= 11 is 0. The van der Waals surface area contributed by atoms with Gasteiger partial charge in [0.2, 0.25) is 11.8 Å². The number of ether oxygens (including phenoxy) is 3. The minimum atomic E-state index is -0.623. The largest absolute Gasteiger partial charge is 0.493 e. The van der Waals surface area contributed by atoms with Gasteiger partial charge in [-0.3, -0.25) is 0 Å². The number of hydrogen-bond acceptors (Lipinski definition) is 9. The number of anilines is 2. The van der Waals surface area contributed by atoms with E-state index in [4.69, 9.17) is 14.2 Å². The molecule has 12 heteroatoms. The monoisotopic (exact) mass is 559 g/mol. The molecule has 0 unspecified atom stereocenters. The Morgan fingerprint density at radius 3 is 2.59 bits per heavy atom. The number of methoxy groups -OCH3 is 1. The molecule has 210 valence electrons. The van der Waals surface area contributed by atoms with Crippen molar-refractivity contribution in [3.63, 3.8) is 0 Å². The second-order valence-electron chi connectivity index (χ2n) is 9.67. The Morgan fingerprint density at radius 1 is 0.951 bits per heavy atom. The number of hydrogen-bond donors (Lipinski definition) is 1. The molecule has 2 aromatic carbocycles. The molecule has 0 saturated carbocycles. The van der Waals surface area contributed by atoms with E-state index in [2.05, 4.69) is 37.3 Å². The summed E-state index contributed by atoms with van der Waals surface area (Å²) in [4.78, 5) is 14.5. The SMILES string of the molecule is COc1cc2ncnc(Nc3ccc(Oc4ccn(-c5ccnc(F)c5)n4)cc3F)c2cc1OC1CCN(C)CC1. The number of nitrogens with zero attached hydrogens (tertiary/aromatic N) is 6. The number of pyridine rings is 1. The first-order chi connectivity index (χ1) is 19.9. The van der Waals surface area contributed by atoms with Gasteiger partial charge in [0, 0.05) is 55.1 Å². The molecule has 1 aliphatic rings. The summed E-state index contributed by atoms with van der Waals surface area (Å²) < 4.78 is 47.7. The van der Waals surface area contributed by atoms with Crippen LogP contribution in [0.25, 0.3) is 16.6 Å². The highest BCUT2D eigenvalue weighted by Gasteiger charge is 2.21. The van der Waals surface area contributed by atoms with Gasteiger partial charge < -0.3 is 24.4 Å². The molecule has 6 rings (SSSR count). The maximum Gasteiger partial charge on any atom is 0.238 e. The minimum Gasteiger partial charge on any atom is -0.493 e. The maximum atomic E-state index is 15.2. The fourth-order valence-corrected chi connectivity index (χ4v) is 4.65. The van der Waals surface area contributed by atoms with Gasteiger partial charge in [0.25, 0.3) is 0 Å². The van der Waals surface area contributed by atoms with E-state index in [1.54, 1.807) is 43.6 Å². The van der Waals surface area contributed by atoms with Crippen molar-refractivity contribution in [1.29, 1.82) is 0 Å². The topological polar surface area (TPSA) is 99.5 Å². The molecule has 0 atom stereocenters. The molecule has 10 nitrogen and oxygen atoms in total. The van der Waals surface area contributed by atoms with Crippen molar-refractivity contribution >= 4 is 22.4 Å². The Balaban J connectivity index is 1.21. The molecule has 5 aromatic rings. The van der Waals surface area contributed by atoms with Crippen LogP contribution in [0.4, 0.5) is 20.3 Å². The summed E-state index contributed by atoms with van der Waals surface area (Å²) in [5, 5.41) is 7.99. The molecule has 0 amide bonds. The zero-order chi connectivity index (χ0) is 28.3. The molecule has 0 spiro atoms. The molecule has 1 N–H and O–H groups in total. The smallest absolute Gasteiger partial charge is 0.238 e. The van der Waals surface area contributed by atoms with Crippen molar-refractivity contribution in [3.05, 3.63) is 79.0 Å². The summed E-state index contributed by atoms with van der Waals surface area (Å²) in [6, 6.07) is 12.5. The van der Waals surface area contributed by atoms with Crippen molar-refractivity contribution < 1.29 is 23.0 Å². The fraction of sp³-hybridized carbons (Fsp3) is 0.241. The zero-order valence-corrected chi connectivity index (χ0v) is 22.4. The predicted molar refractivity (Wildman–Crippen MR) is 148 cm³/mol. The van der Waals surface area contributed by atoms with E-state index in [9.17, 15) is 4.39 Å². The van der Waals surface area contributed by atoms with Gasteiger partial charge in [0.15, 0.2) is 11.5 Å². The standard InChI is InChI=1S/C29H27F2N7O3/c1-37-10-6-19(7-11-37)40-26-15-21-24(16-25(26)39-2)33-17-34-29(21)35-23-4-3-20(14-22(23)30)41-28-8-12-38(36-28)18-5-9-32-27(31)13-18/h3-5,8-9,12-17,19H,6-7,10-11H2,1-2H3,(H,33,34,35). The Morgan fingerprint density at radius 2 is 1.80 bits per heavy atom. The van der Waals surface area contributed by atoms with E-state index >= 15 is 4.39 Å². The quantitative estimate of drug-likeness (QED) is 0.247. The highest BCUT2D eigenvalue weighted by Crippen LogP contribution is 2.37. The van der Waals surface area contributed by atoms with Gasteiger partial charge in [-0.1, -0.05) is 0 Å². The second kappa shape index (κ2) is 11.3. The van der Waals surface area contributed by atoms with Gasteiger partial charge in [0.05, 0.1) is 24.0 Å². The van der Waals surface area contributed by atoms with Crippen molar-refractivity contribution in [3.8, 4) is 28.8 Å². The number of aromatic nitrogens is 5. The van der Waals surface area contributed by atoms with Gasteiger partial charge in [-0.25, -0.2) is 24.0 Å². The molecule has 41 heavy (non-hydrogen) atoms. The lowest BCUT2D eigenvalue weighted by Gasteiger charge is -2.29. The molecule has 3 aromatic heterocycles. The first kappa shape index (κ1) is 26.4. The van der Waals surface area contributed by atoms with Crippen molar-refractivity contribution in [2.75, 3.05) is 32.6 Å². The normalized spacial score (nSPS) is 14.2. The first-order valence-corrected chi connectivity index (χ1v) is 13.0. The average molecular weight is 560 g/mol. The third-order valence-electron chi connectivity index (χ3n) is 6.84. The molecule has 0 radical (unpaired) electrons. The van der Waals surface area contributed by atoms with Crippen LogP contribution in [-0.2, 0) is 0 Å². The molecule has 4 heterocycles. The lowest BCUT2D eigenvalue weighted by molar-refractivity contribution is 0.111. The van der Waals surface area contributed by atoms with E-state index in [1.807, 2.05) is 6.07 Å². The van der Waals surface area contributed by atoms with Crippen LogP contribution >= 0.6 is 0 Å². The van der Waals surface area contributed by atoms with Crippen LogP contribution in [0.2, 0.25) is 0 Å². The third-order valence-corrected chi connectivity index (χ3v) is 6.84. The number of benzene rings is 2. The molecule has 1 saturated heterocycles. The number of fused-ring (bicyclic) bond motifs is 1. The molecule has 1 fully saturated rings. The fourth-order valence-electron chi connectivity index (χ4n) is 4.65. The highest BCUT2D eigenvalue weighted by atomic mass is 19.1. The summed E-state index contributed by atoms with van der Waals surface area (Å²) in [7, 11) is 3.69. The number of likely N-dealkylation sites (tertiary alicyclic amines) is 1. The lowest BCUT2D eigenvalue weighted by Crippen LogP contribution is -2.35. The van der Waals surface area contributed by atoms with Crippen LogP contribution in [0.3, 0.4) is 0 Å². The summed E-state index contributed by atoms with van der Waals surface area (Å²) in [6.45, 7) is 1.92. The Hall–Kier alpha value is -4.84. The van der Waals surface area contributed by atoms with Crippen LogP contribution in [0.15, 0.2) is 67.3 Å². The molecule has 1 aliphatic heterocycles. The Kier molecular flexibility index (Phi) is 7.30. The van der Waals surface area contributed by atoms with E-state index in [-0.39, 0.29) is 23.4 Å². The van der Waals surface area contributed by atoms with Crippen molar-refractivity contribution in [2.24, 2.45) is 0 Å². The number of halogens is 2. The first-order valence-electron chi connectivity index (χ1n) is 13.0. The van der Waals surface area contributed by atoms with Gasteiger partial charge >= 0.3 is 0 Å².